The number of nitrogens with zero attached hydrogens (tertiary/aromatic N) is 2. The van der Waals surface area contributed by atoms with E-state index in [1.54, 1.807) is 0 Å². The highest BCUT2D eigenvalue weighted by molar-refractivity contribution is 5.38. The summed E-state index contributed by atoms with van der Waals surface area (Å²) < 4.78 is 2.06. The average Bonchev–Trinajstić information content (AvgIpc) is 2.90. The summed E-state index contributed by atoms with van der Waals surface area (Å²) in [6.45, 7) is 0. The molecule has 0 fully saturated rings. The van der Waals surface area contributed by atoms with Crippen molar-refractivity contribution >= 4 is 0 Å². The summed E-state index contributed by atoms with van der Waals surface area (Å²) in [4.78, 5) is 0. The molecule has 0 aliphatic heterocycles. The highest BCUT2D eigenvalue weighted by Gasteiger charge is 2.26. The Kier molecular flexibility index (Phi) is 2.26. The van der Waals surface area contributed by atoms with Gasteiger partial charge < -0.3 is 5.32 Å². The van der Waals surface area contributed by atoms with Gasteiger partial charge in [-0.25, -0.2) is 4.68 Å². The molecule has 1 aliphatic rings. The Morgan fingerprint density at radius 2 is 2.12 bits per heavy atom. The van der Waals surface area contributed by atoms with Crippen LogP contribution in [0.2, 0.25) is 0 Å². The second kappa shape index (κ2) is 3.76. The van der Waals surface area contributed by atoms with Gasteiger partial charge in [-0.3, -0.25) is 0 Å². The number of nitrogens with one attached hydrogen (secondary N) is 1. The van der Waals surface area contributed by atoms with Crippen LogP contribution in [0.4, 0.5) is 0 Å². The number of hydrogen-bond acceptors (Lipinski definition) is 2. The van der Waals surface area contributed by atoms with Gasteiger partial charge in [0.05, 0.1) is 17.6 Å². The molecule has 0 radical (unpaired) electrons. The molecule has 82 valence electrons. The van der Waals surface area contributed by atoms with E-state index >= 15 is 0 Å². The molecule has 0 amide bonds. The lowest BCUT2D eigenvalue weighted by Crippen LogP contribution is -2.17. The van der Waals surface area contributed by atoms with Gasteiger partial charge in [0, 0.05) is 6.04 Å². The monoisotopic (exact) mass is 213 g/mol. The van der Waals surface area contributed by atoms with Crippen molar-refractivity contribution in [2.24, 2.45) is 0 Å². The van der Waals surface area contributed by atoms with E-state index in [4.69, 9.17) is 0 Å². The Hall–Kier alpha value is -1.61. The number of hydrogen-bond donors (Lipinski definition) is 1. The second-order valence-electron chi connectivity index (χ2n) is 4.18. The second-order valence-corrected chi connectivity index (χ2v) is 4.18. The number of rotatable bonds is 2. The molecular weight excluding hydrogens is 198 g/mol. The molecule has 2 aromatic rings. The summed E-state index contributed by atoms with van der Waals surface area (Å²) in [5.41, 5.74) is 3.85. The van der Waals surface area contributed by atoms with Crippen LogP contribution in [0, 0.1) is 0 Å². The van der Waals surface area contributed by atoms with Gasteiger partial charge in [0.25, 0.3) is 0 Å². The Bertz CT molecular complexity index is 487. The van der Waals surface area contributed by atoms with Crippen molar-refractivity contribution in [3.63, 3.8) is 0 Å². The summed E-state index contributed by atoms with van der Waals surface area (Å²) >= 11 is 0. The van der Waals surface area contributed by atoms with Gasteiger partial charge in [-0.2, -0.15) is 5.10 Å². The normalized spacial score (nSPS) is 18.7. The molecule has 1 unspecified atom stereocenters. The molecule has 3 rings (SSSR count). The Morgan fingerprint density at radius 3 is 2.88 bits per heavy atom. The first kappa shape index (κ1) is 9.60. The van der Waals surface area contributed by atoms with E-state index in [2.05, 4.69) is 27.2 Å². The zero-order chi connectivity index (χ0) is 11.0. The van der Waals surface area contributed by atoms with Crippen LogP contribution >= 0.6 is 0 Å². The third-order valence-corrected chi connectivity index (χ3v) is 3.27. The Balaban J connectivity index is 2.10. The highest BCUT2D eigenvalue weighted by Crippen LogP contribution is 2.32. The van der Waals surface area contributed by atoms with Gasteiger partial charge in [0.1, 0.15) is 0 Å². The summed E-state index contributed by atoms with van der Waals surface area (Å²) in [5.74, 6) is 0. The predicted molar refractivity (Wildman–Crippen MR) is 63.7 cm³/mol. The Morgan fingerprint density at radius 1 is 1.31 bits per heavy atom. The fraction of sp³-hybridized carbons (Fsp3) is 0.308. The largest absolute Gasteiger partial charge is 0.312 e. The number of aryl methyl sites for hydroxylation is 1. The lowest BCUT2D eigenvalue weighted by Gasteiger charge is -2.13. The van der Waals surface area contributed by atoms with Crippen LogP contribution in [-0.2, 0) is 6.42 Å². The molecule has 1 atom stereocenters. The van der Waals surface area contributed by atoms with E-state index < -0.39 is 0 Å². The standard InChI is InChI=1S/C13H15N3/c1-14-12-8-7-10-9-15-16(13(10)12)11-5-3-2-4-6-11/h2-6,9,12,14H,7-8H2,1H3. The topological polar surface area (TPSA) is 29.9 Å². The van der Waals surface area contributed by atoms with E-state index in [-0.39, 0.29) is 0 Å². The van der Waals surface area contributed by atoms with Gasteiger partial charge in [-0.1, -0.05) is 18.2 Å². The Labute approximate surface area is 95.1 Å². The number of para-hydroxylation sites is 1. The zero-order valence-electron chi connectivity index (χ0n) is 9.35. The number of fused-ring (bicyclic) bond motifs is 1. The molecular formula is C13H15N3. The molecule has 1 aliphatic carbocycles. The van der Waals surface area contributed by atoms with Crippen molar-refractivity contribution in [3.05, 3.63) is 47.8 Å². The van der Waals surface area contributed by atoms with Crippen molar-refractivity contribution in [2.75, 3.05) is 7.05 Å². The lowest BCUT2D eigenvalue weighted by atomic mass is 10.2. The first-order chi connectivity index (χ1) is 7.90. The van der Waals surface area contributed by atoms with Crippen LogP contribution in [0.1, 0.15) is 23.7 Å². The fourth-order valence-corrected chi connectivity index (χ4v) is 2.45. The van der Waals surface area contributed by atoms with Crippen molar-refractivity contribution in [2.45, 2.75) is 18.9 Å². The molecule has 3 nitrogen and oxygen atoms in total. The van der Waals surface area contributed by atoms with Crippen LogP contribution in [-0.4, -0.2) is 16.8 Å². The van der Waals surface area contributed by atoms with Crippen molar-refractivity contribution < 1.29 is 0 Å². The summed E-state index contributed by atoms with van der Waals surface area (Å²) in [7, 11) is 2.02. The van der Waals surface area contributed by atoms with Crippen LogP contribution in [0.15, 0.2) is 36.5 Å². The minimum atomic E-state index is 0.442. The van der Waals surface area contributed by atoms with E-state index in [0.29, 0.717) is 6.04 Å². The molecule has 0 saturated carbocycles. The van der Waals surface area contributed by atoms with Gasteiger partial charge >= 0.3 is 0 Å². The van der Waals surface area contributed by atoms with Crippen LogP contribution in [0.5, 0.6) is 0 Å². The number of benzene rings is 1. The molecule has 1 heterocycles. The van der Waals surface area contributed by atoms with Crippen LogP contribution in [0.3, 0.4) is 0 Å². The van der Waals surface area contributed by atoms with Gasteiger partial charge in [-0.15, -0.1) is 0 Å². The smallest absolute Gasteiger partial charge is 0.0649 e. The van der Waals surface area contributed by atoms with Gasteiger partial charge in [-0.05, 0) is 37.6 Å². The van der Waals surface area contributed by atoms with E-state index in [1.807, 2.05) is 31.4 Å². The number of aromatic nitrogens is 2. The van der Waals surface area contributed by atoms with Gasteiger partial charge in [0.2, 0.25) is 0 Å². The molecule has 0 spiro atoms. The SMILES string of the molecule is CNC1CCc2cnn(-c3ccccc3)c21. The maximum Gasteiger partial charge on any atom is 0.0649 e. The summed E-state index contributed by atoms with van der Waals surface area (Å²) in [6, 6.07) is 10.8. The summed E-state index contributed by atoms with van der Waals surface area (Å²) in [5, 5.41) is 7.84. The van der Waals surface area contributed by atoms with E-state index in [9.17, 15) is 0 Å². The molecule has 3 heteroatoms. The van der Waals surface area contributed by atoms with Crippen molar-refractivity contribution in [3.8, 4) is 5.69 Å². The molecule has 16 heavy (non-hydrogen) atoms. The molecule has 1 aromatic heterocycles. The van der Waals surface area contributed by atoms with Gasteiger partial charge in [0.15, 0.2) is 0 Å². The minimum absolute atomic E-state index is 0.442. The minimum Gasteiger partial charge on any atom is -0.312 e. The third-order valence-electron chi connectivity index (χ3n) is 3.27. The molecule has 0 bridgehead atoms. The molecule has 1 aromatic carbocycles. The molecule has 1 N–H and O–H groups in total. The van der Waals surface area contributed by atoms with E-state index in [0.717, 1.165) is 12.1 Å². The van der Waals surface area contributed by atoms with E-state index in [1.165, 1.54) is 17.7 Å². The zero-order valence-corrected chi connectivity index (χ0v) is 9.35. The lowest BCUT2D eigenvalue weighted by molar-refractivity contribution is 0.556. The summed E-state index contributed by atoms with van der Waals surface area (Å²) in [6.07, 6.45) is 4.31. The van der Waals surface area contributed by atoms with Crippen LogP contribution < -0.4 is 5.32 Å². The maximum absolute atomic E-state index is 4.48. The predicted octanol–water partition coefficient (Wildman–Crippen LogP) is 2.08. The first-order valence-electron chi connectivity index (χ1n) is 5.69. The van der Waals surface area contributed by atoms with Crippen molar-refractivity contribution in [1.29, 1.82) is 0 Å². The van der Waals surface area contributed by atoms with Crippen molar-refractivity contribution in [1.82, 2.24) is 15.1 Å². The highest BCUT2D eigenvalue weighted by atomic mass is 15.3. The first-order valence-corrected chi connectivity index (χ1v) is 5.69. The quantitative estimate of drug-likeness (QED) is 0.827. The molecule has 0 saturated heterocycles. The average molecular weight is 213 g/mol. The fourth-order valence-electron chi connectivity index (χ4n) is 2.45. The third kappa shape index (κ3) is 1.36. The maximum atomic E-state index is 4.48. The van der Waals surface area contributed by atoms with Crippen LogP contribution in [0.25, 0.3) is 5.69 Å².